The van der Waals surface area contributed by atoms with Gasteiger partial charge in [-0.1, -0.05) is 23.7 Å². The lowest BCUT2D eigenvalue weighted by Crippen LogP contribution is -2.47. The van der Waals surface area contributed by atoms with E-state index in [1.54, 1.807) is 6.07 Å². The second kappa shape index (κ2) is 8.33. The third kappa shape index (κ3) is 4.42. The molecule has 2 aromatic rings. The number of para-hydroxylation sites is 1. The molecule has 0 saturated carbocycles. The fraction of sp³-hybridized carbons (Fsp3) is 0.333. The zero-order valence-corrected chi connectivity index (χ0v) is 14.9. The molecule has 8 heteroatoms. The van der Waals surface area contributed by atoms with Crippen LogP contribution in [0.4, 0.5) is 15.8 Å². The number of halogens is 2. The first kappa shape index (κ1) is 18.4. The van der Waals surface area contributed by atoms with Crippen molar-refractivity contribution in [2.45, 2.75) is 0 Å². The summed E-state index contributed by atoms with van der Waals surface area (Å²) in [7, 11) is 0. The first-order valence-corrected chi connectivity index (χ1v) is 8.71. The summed E-state index contributed by atoms with van der Waals surface area (Å²) in [5.74, 6) is 0.107. The monoisotopic (exact) mass is 379 g/mol. The van der Waals surface area contributed by atoms with Crippen molar-refractivity contribution in [3.63, 3.8) is 0 Å². The number of nitro groups is 1. The van der Waals surface area contributed by atoms with E-state index in [9.17, 15) is 14.5 Å². The Labute approximate surface area is 155 Å². The lowest BCUT2D eigenvalue weighted by atomic mass is 10.2. The summed E-state index contributed by atoms with van der Waals surface area (Å²) in [5.41, 5.74) is 0.171. The number of nitrogens with zero attached hydrogens (tertiary/aromatic N) is 3. The Morgan fingerprint density at radius 3 is 2.54 bits per heavy atom. The number of benzene rings is 2. The van der Waals surface area contributed by atoms with Crippen LogP contribution < -0.4 is 9.64 Å². The highest BCUT2D eigenvalue weighted by molar-refractivity contribution is 6.32. The molecule has 0 radical (unpaired) electrons. The Morgan fingerprint density at radius 2 is 1.88 bits per heavy atom. The van der Waals surface area contributed by atoms with Gasteiger partial charge in [-0.05, 0) is 18.2 Å². The van der Waals surface area contributed by atoms with Gasteiger partial charge in [-0.15, -0.1) is 0 Å². The summed E-state index contributed by atoms with van der Waals surface area (Å²) in [5, 5.41) is 11.3. The van der Waals surface area contributed by atoms with E-state index < -0.39 is 10.7 Å². The molecule has 1 heterocycles. The highest BCUT2D eigenvalue weighted by Gasteiger charge is 2.21. The van der Waals surface area contributed by atoms with E-state index in [1.807, 2.05) is 23.1 Å². The normalized spacial score (nSPS) is 15.1. The molecule has 6 nitrogen and oxygen atoms in total. The minimum Gasteiger partial charge on any atom is -0.491 e. The topological polar surface area (TPSA) is 58.9 Å². The minimum atomic E-state index is -0.593. The summed E-state index contributed by atoms with van der Waals surface area (Å²) in [6.07, 6.45) is 0. The fourth-order valence-corrected chi connectivity index (χ4v) is 3.11. The fourth-order valence-electron chi connectivity index (χ4n) is 2.92. The van der Waals surface area contributed by atoms with Crippen LogP contribution in [0.15, 0.2) is 42.5 Å². The average Bonchev–Trinajstić information content (AvgIpc) is 2.64. The van der Waals surface area contributed by atoms with E-state index in [2.05, 4.69) is 4.90 Å². The molecular formula is C18H19ClFN3O3. The summed E-state index contributed by atoms with van der Waals surface area (Å²) in [6, 6.07) is 11.1. The molecule has 3 rings (SSSR count). The number of nitro benzene ring substituents is 1. The number of ether oxygens (including phenoxy) is 1. The minimum absolute atomic E-state index is 0.235. The maximum atomic E-state index is 14.1. The first-order chi connectivity index (χ1) is 12.5. The molecule has 1 aliphatic rings. The van der Waals surface area contributed by atoms with Gasteiger partial charge in [0, 0.05) is 38.8 Å². The predicted octanol–water partition coefficient (Wildman–Crippen LogP) is 3.59. The number of hydrogen-bond acceptors (Lipinski definition) is 5. The van der Waals surface area contributed by atoms with Crippen molar-refractivity contribution in [2.24, 2.45) is 0 Å². The third-order valence-corrected chi connectivity index (χ3v) is 4.67. The van der Waals surface area contributed by atoms with Crippen LogP contribution in [0.5, 0.6) is 5.75 Å². The maximum absolute atomic E-state index is 14.1. The Balaban J connectivity index is 1.48. The molecule has 0 N–H and O–H groups in total. The van der Waals surface area contributed by atoms with Crippen LogP contribution in [-0.2, 0) is 0 Å². The Hall–Kier alpha value is -2.38. The van der Waals surface area contributed by atoms with Gasteiger partial charge in [-0.3, -0.25) is 15.0 Å². The van der Waals surface area contributed by atoms with Crippen molar-refractivity contribution in [2.75, 3.05) is 44.2 Å². The molecule has 0 spiro atoms. The van der Waals surface area contributed by atoms with Gasteiger partial charge >= 0.3 is 0 Å². The predicted molar refractivity (Wildman–Crippen MR) is 98.7 cm³/mol. The zero-order valence-electron chi connectivity index (χ0n) is 14.1. The van der Waals surface area contributed by atoms with Gasteiger partial charge in [0.15, 0.2) is 5.82 Å². The van der Waals surface area contributed by atoms with E-state index >= 15 is 0 Å². The molecule has 0 amide bonds. The first-order valence-electron chi connectivity index (χ1n) is 8.33. The Bertz CT molecular complexity index is 782. The van der Waals surface area contributed by atoms with Crippen molar-refractivity contribution < 1.29 is 14.1 Å². The number of rotatable bonds is 6. The molecule has 0 atom stereocenters. The largest absolute Gasteiger partial charge is 0.491 e. The third-order valence-electron chi connectivity index (χ3n) is 4.36. The molecule has 0 bridgehead atoms. The highest BCUT2D eigenvalue weighted by Crippen LogP contribution is 2.25. The molecule has 26 heavy (non-hydrogen) atoms. The second-order valence-corrected chi connectivity index (χ2v) is 6.41. The average molecular weight is 380 g/mol. The van der Waals surface area contributed by atoms with Gasteiger partial charge in [0.25, 0.3) is 5.69 Å². The van der Waals surface area contributed by atoms with Crippen LogP contribution in [0, 0.1) is 15.9 Å². The summed E-state index contributed by atoms with van der Waals surface area (Å²) < 4.78 is 19.8. The zero-order chi connectivity index (χ0) is 18.5. The van der Waals surface area contributed by atoms with Crippen LogP contribution in [0.25, 0.3) is 0 Å². The van der Waals surface area contributed by atoms with Gasteiger partial charge in [0.1, 0.15) is 12.4 Å². The molecule has 0 aliphatic carbocycles. The van der Waals surface area contributed by atoms with Crippen molar-refractivity contribution in [1.82, 2.24) is 4.90 Å². The standard InChI is InChI=1S/C18H19ClFN3O3/c19-15-3-1-2-4-18(15)26-12-11-21-7-9-22(10-8-21)17-6-5-14(23(24)25)13-16(17)20/h1-6,13H,7-12H2. The van der Waals surface area contributed by atoms with Crippen LogP contribution in [0.1, 0.15) is 0 Å². The lowest BCUT2D eigenvalue weighted by molar-refractivity contribution is -0.385. The number of piperazine rings is 1. The Kier molecular flexibility index (Phi) is 5.90. The maximum Gasteiger partial charge on any atom is 0.272 e. The molecule has 138 valence electrons. The SMILES string of the molecule is O=[N+]([O-])c1ccc(N2CCN(CCOc3ccccc3Cl)CC2)c(F)c1. The molecule has 2 aromatic carbocycles. The van der Waals surface area contributed by atoms with Crippen molar-refractivity contribution in [3.8, 4) is 5.75 Å². The Morgan fingerprint density at radius 1 is 1.15 bits per heavy atom. The van der Waals surface area contributed by atoms with Gasteiger partial charge in [-0.25, -0.2) is 4.39 Å². The van der Waals surface area contributed by atoms with E-state index in [0.717, 1.165) is 25.7 Å². The molecule has 0 aromatic heterocycles. The van der Waals surface area contributed by atoms with E-state index in [1.165, 1.54) is 12.1 Å². The van der Waals surface area contributed by atoms with E-state index in [4.69, 9.17) is 16.3 Å². The van der Waals surface area contributed by atoms with Crippen molar-refractivity contribution >= 4 is 23.0 Å². The van der Waals surface area contributed by atoms with Gasteiger partial charge < -0.3 is 9.64 Å². The number of non-ortho nitro benzene ring substituents is 1. The van der Waals surface area contributed by atoms with Crippen LogP contribution in [-0.4, -0.2) is 49.2 Å². The smallest absolute Gasteiger partial charge is 0.272 e. The molecule has 0 unspecified atom stereocenters. The summed E-state index contributed by atoms with van der Waals surface area (Å²) in [6.45, 7) is 4.11. The van der Waals surface area contributed by atoms with Crippen LogP contribution >= 0.6 is 11.6 Å². The molecule has 1 fully saturated rings. The number of anilines is 1. The summed E-state index contributed by atoms with van der Waals surface area (Å²) in [4.78, 5) is 14.3. The van der Waals surface area contributed by atoms with Crippen molar-refractivity contribution in [3.05, 3.63) is 63.4 Å². The van der Waals surface area contributed by atoms with E-state index in [-0.39, 0.29) is 5.69 Å². The quantitative estimate of drug-likeness (QED) is 0.567. The highest BCUT2D eigenvalue weighted by atomic mass is 35.5. The molecule has 1 aliphatic heterocycles. The van der Waals surface area contributed by atoms with Gasteiger partial charge in [0.2, 0.25) is 0 Å². The van der Waals surface area contributed by atoms with Crippen LogP contribution in [0.2, 0.25) is 5.02 Å². The van der Waals surface area contributed by atoms with Gasteiger partial charge in [0.05, 0.1) is 21.7 Å². The number of hydrogen-bond donors (Lipinski definition) is 0. The molecule has 1 saturated heterocycles. The van der Waals surface area contributed by atoms with Crippen LogP contribution in [0.3, 0.4) is 0 Å². The van der Waals surface area contributed by atoms with E-state index in [0.29, 0.717) is 36.2 Å². The van der Waals surface area contributed by atoms with Gasteiger partial charge in [-0.2, -0.15) is 0 Å². The second-order valence-electron chi connectivity index (χ2n) is 6.00. The molecular weight excluding hydrogens is 361 g/mol. The van der Waals surface area contributed by atoms with Crippen molar-refractivity contribution in [1.29, 1.82) is 0 Å². The lowest BCUT2D eigenvalue weighted by Gasteiger charge is -2.36. The summed E-state index contributed by atoms with van der Waals surface area (Å²) >= 11 is 6.06.